The van der Waals surface area contributed by atoms with E-state index in [9.17, 15) is 9.90 Å². The summed E-state index contributed by atoms with van der Waals surface area (Å²) in [6.45, 7) is 0. The molecule has 0 fully saturated rings. The van der Waals surface area contributed by atoms with Crippen molar-refractivity contribution in [2.45, 2.75) is 12.5 Å². The van der Waals surface area contributed by atoms with Gasteiger partial charge in [-0.2, -0.15) is 0 Å². The van der Waals surface area contributed by atoms with Crippen LogP contribution in [0.15, 0.2) is 34.9 Å². The molecule has 0 radical (unpaired) electrons. The van der Waals surface area contributed by atoms with E-state index >= 15 is 0 Å². The molecule has 4 nitrogen and oxygen atoms in total. The zero-order valence-corrected chi connectivity index (χ0v) is 7.88. The quantitative estimate of drug-likeness (QED) is 0.805. The zero-order valence-electron chi connectivity index (χ0n) is 7.88. The monoisotopic (exact) mass is 206 g/mol. The number of carboxylic acids is 1. The highest BCUT2D eigenvalue weighted by molar-refractivity contribution is 5.82. The molecule has 15 heavy (non-hydrogen) atoms. The number of benzene rings is 1. The van der Waals surface area contributed by atoms with Crippen LogP contribution >= 0.6 is 0 Å². The molecule has 2 aromatic rings. The molecular weight excluding hydrogens is 196 g/mol. The molecule has 0 saturated heterocycles. The number of carboxylic acid groups (broad SMARTS) is 1. The Morgan fingerprint density at radius 1 is 1.40 bits per heavy atom. The second kappa shape index (κ2) is 3.74. The lowest BCUT2D eigenvalue weighted by molar-refractivity contribution is -0.139. The smallest absolute Gasteiger partial charge is 0.306 e. The highest BCUT2D eigenvalue weighted by Crippen LogP contribution is 2.27. The van der Waals surface area contributed by atoms with Crippen molar-refractivity contribution in [1.82, 2.24) is 0 Å². The van der Waals surface area contributed by atoms with Gasteiger partial charge in [-0.1, -0.05) is 18.2 Å². The van der Waals surface area contributed by atoms with Crippen molar-refractivity contribution in [2.24, 2.45) is 0 Å². The molecule has 2 rings (SSSR count). The Morgan fingerprint density at radius 3 is 2.87 bits per heavy atom. The Morgan fingerprint density at radius 2 is 2.13 bits per heavy atom. The molecule has 0 unspecified atom stereocenters. The average molecular weight is 206 g/mol. The van der Waals surface area contributed by atoms with Gasteiger partial charge in [0.15, 0.2) is 0 Å². The van der Waals surface area contributed by atoms with Crippen LogP contribution in [0, 0.1) is 0 Å². The number of fused-ring (bicyclic) bond motifs is 1. The maximum atomic E-state index is 10.5. The van der Waals surface area contributed by atoms with Crippen LogP contribution < -0.4 is 0 Å². The molecule has 4 heteroatoms. The SMILES string of the molecule is O=C(O)C[C@@H](O)c1coc2ccccc12. The fraction of sp³-hybridized carbons (Fsp3) is 0.182. The van der Waals surface area contributed by atoms with Crippen molar-refractivity contribution in [2.75, 3.05) is 0 Å². The number of aliphatic carboxylic acids is 1. The van der Waals surface area contributed by atoms with Crippen LogP contribution in [-0.4, -0.2) is 16.2 Å². The molecule has 1 heterocycles. The second-order valence-electron chi connectivity index (χ2n) is 3.30. The van der Waals surface area contributed by atoms with Gasteiger partial charge in [0.05, 0.1) is 18.8 Å². The maximum absolute atomic E-state index is 10.5. The molecule has 0 spiro atoms. The minimum absolute atomic E-state index is 0.316. The van der Waals surface area contributed by atoms with Crippen molar-refractivity contribution in [3.63, 3.8) is 0 Å². The first kappa shape index (κ1) is 9.73. The second-order valence-corrected chi connectivity index (χ2v) is 3.30. The first-order chi connectivity index (χ1) is 7.18. The summed E-state index contributed by atoms with van der Waals surface area (Å²) in [5.41, 5.74) is 1.17. The number of aliphatic hydroxyl groups is 1. The molecule has 1 aromatic heterocycles. The van der Waals surface area contributed by atoms with Gasteiger partial charge in [-0.15, -0.1) is 0 Å². The van der Waals surface area contributed by atoms with Crippen molar-refractivity contribution in [3.8, 4) is 0 Å². The summed E-state index contributed by atoms with van der Waals surface area (Å²) in [6, 6.07) is 7.19. The first-order valence-corrected chi connectivity index (χ1v) is 4.54. The molecule has 1 aromatic carbocycles. The fourth-order valence-electron chi connectivity index (χ4n) is 1.53. The van der Waals surface area contributed by atoms with Gasteiger partial charge in [-0.3, -0.25) is 4.79 Å². The summed E-state index contributed by atoms with van der Waals surface area (Å²) in [6.07, 6.45) is 0.0630. The van der Waals surface area contributed by atoms with Gasteiger partial charge in [-0.05, 0) is 6.07 Å². The summed E-state index contributed by atoms with van der Waals surface area (Å²) in [5.74, 6) is -1.03. The van der Waals surface area contributed by atoms with E-state index in [4.69, 9.17) is 9.52 Å². The van der Waals surface area contributed by atoms with Crippen LogP contribution in [-0.2, 0) is 4.79 Å². The molecule has 0 bridgehead atoms. The van der Waals surface area contributed by atoms with Crippen LogP contribution in [0.3, 0.4) is 0 Å². The Hall–Kier alpha value is -1.81. The van der Waals surface area contributed by atoms with Gasteiger partial charge in [0.1, 0.15) is 5.58 Å². The van der Waals surface area contributed by atoms with E-state index in [1.165, 1.54) is 6.26 Å². The summed E-state index contributed by atoms with van der Waals surface area (Å²) < 4.78 is 5.20. The third-order valence-corrected chi connectivity index (χ3v) is 2.24. The standard InChI is InChI=1S/C11H10O4/c12-9(5-11(13)14)8-6-15-10-4-2-1-3-7(8)10/h1-4,6,9,12H,5H2,(H,13,14)/t9-/m1/s1. The Labute approximate surface area is 85.8 Å². The highest BCUT2D eigenvalue weighted by Gasteiger charge is 2.16. The normalized spacial score (nSPS) is 12.9. The third kappa shape index (κ3) is 1.85. The minimum Gasteiger partial charge on any atom is -0.481 e. The zero-order chi connectivity index (χ0) is 10.8. The highest BCUT2D eigenvalue weighted by atomic mass is 16.4. The maximum Gasteiger partial charge on any atom is 0.306 e. The lowest BCUT2D eigenvalue weighted by atomic mass is 10.1. The topological polar surface area (TPSA) is 70.7 Å². The summed E-state index contributed by atoms with van der Waals surface area (Å²) in [4.78, 5) is 10.5. The van der Waals surface area contributed by atoms with Crippen molar-refractivity contribution in [3.05, 3.63) is 36.1 Å². The van der Waals surface area contributed by atoms with Crippen LogP contribution in [0.2, 0.25) is 0 Å². The number of aliphatic hydroxyl groups excluding tert-OH is 1. The molecule has 0 aliphatic heterocycles. The van der Waals surface area contributed by atoms with Gasteiger partial charge >= 0.3 is 5.97 Å². The Bertz CT molecular complexity index is 486. The number of rotatable bonds is 3. The summed E-state index contributed by atoms with van der Waals surface area (Å²) in [7, 11) is 0. The van der Waals surface area contributed by atoms with E-state index in [0.717, 1.165) is 5.39 Å². The number of hydrogen-bond acceptors (Lipinski definition) is 3. The van der Waals surface area contributed by atoms with E-state index in [2.05, 4.69) is 0 Å². The third-order valence-electron chi connectivity index (χ3n) is 2.24. The van der Waals surface area contributed by atoms with Crippen molar-refractivity contribution < 1.29 is 19.4 Å². The van der Waals surface area contributed by atoms with Crippen LogP contribution in [0.1, 0.15) is 18.1 Å². The molecule has 2 N–H and O–H groups in total. The van der Waals surface area contributed by atoms with E-state index in [1.54, 1.807) is 12.1 Å². The number of furan rings is 1. The minimum atomic E-state index is -1.03. The number of para-hydroxylation sites is 1. The van der Waals surface area contributed by atoms with E-state index < -0.39 is 12.1 Å². The molecule has 0 amide bonds. The van der Waals surface area contributed by atoms with E-state index in [-0.39, 0.29) is 6.42 Å². The predicted octanol–water partition coefficient (Wildman–Crippen LogP) is 1.94. The first-order valence-electron chi connectivity index (χ1n) is 4.54. The molecule has 0 saturated carbocycles. The van der Waals surface area contributed by atoms with Gasteiger partial charge < -0.3 is 14.6 Å². The molecule has 0 aliphatic carbocycles. The molecule has 78 valence electrons. The van der Waals surface area contributed by atoms with Crippen molar-refractivity contribution in [1.29, 1.82) is 0 Å². The predicted molar refractivity (Wildman–Crippen MR) is 53.4 cm³/mol. The van der Waals surface area contributed by atoms with Gasteiger partial charge in [0.2, 0.25) is 0 Å². The van der Waals surface area contributed by atoms with Crippen LogP contribution in [0.4, 0.5) is 0 Å². The molecule has 1 atom stereocenters. The van der Waals surface area contributed by atoms with E-state index in [1.807, 2.05) is 12.1 Å². The molecular formula is C11H10O4. The van der Waals surface area contributed by atoms with Gasteiger partial charge in [0.25, 0.3) is 0 Å². The number of hydrogen-bond donors (Lipinski definition) is 2. The summed E-state index contributed by atoms with van der Waals surface area (Å²) in [5, 5.41) is 19.0. The van der Waals surface area contributed by atoms with Gasteiger partial charge in [-0.25, -0.2) is 0 Å². The summed E-state index contributed by atoms with van der Waals surface area (Å²) >= 11 is 0. The Balaban J connectivity index is 2.39. The van der Waals surface area contributed by atoms with Gasteiger partial charge in [0, 0.05) is 10.9 Å². The van der Waals surface area contributed by atoms with Crippen LogP contribution in [0.25, 0.3) is 11.0 Å². The molecule has 0 aliphatic rings. The lowest BCUT2D eigenvalue weighted by Crippen LogP contribution is -2.04. The number of carbonyl (C=O) groups is 1. The lowest BCUT2D eigenvalue weighted by Gasteiger charge is -2.04. The fourth-order valence-corrected chi connectivity index (χ4v) is 1.53. The van der Waals surface area contributed by atoms with Crippen LogP contribution in [0.5, 0.6) is 0 Å². The van der Waals surface area contributed by atoms with E-state index in [0.29, 0.717) is 11.1 Å². The van der Waals surface area contributed by atoms with Crippen molar-refractivity contribution >= 4 is 16.9 Å². The Kier molecular flexibility index (Phi) is 2.43. The largest absolute Gasteiger partial charge is 0.481 e. The average Bonchev–Trinajstić information content (AvgIpc) is 2.59.